The number of carbonyl (C=O) groups is 3. The molecule has 0 aliphatic carbocycles. The van der Waals surface area contributed by atoms with Gasteiger partial charge in [0.2, 0.25) is 0 Å². The first-order valence-electron chi connectivity index (χ1n) is 4.44. The third-order valence-corrected chi connectivity index (χ3v) is 2.93. The van der Waals surface area contributed by atoms with E-state index in [1.54, 1.807) is 24.3 Å². The summed E-state index contributed by atoms with van der Waals surface area (Å²) in [5.41, 5.74) is 0.371. The van der Waals surface area contributed by atoms with Crippen molar-refractivity contribution < 1.29 is 14.4 Å². The molecule has 5 nitrogen and oxygen atoms in total. The summed E-state index contributed by atoms with van der Waals surface area (Å²) < 4.78 is 0.583. The SMILES string of the molecule is CN1C(=O)C(=O)N(c2ccccc2Br)C1=O. The summed E-state index contributed by atoms with van der Waals surface area (Å²) in [6.45, 7) is 0. The lowest BCUT2D eigenvalue weighted by molar-refractivity contribution is -0.138. The van der Waals surface area contributed by atoms with Crippen LogP contribution in [0.25, 0.3) is 0 Å². The molecule has 1 aromatic carbocycles. The van der Waals surface area contributed by atoms with Crippen LogP contribution < -0.4 is 4.90 Å². The van der Waals surface area contributed by atoms with E-state index in [1.807, 2.05) is 0 Å². The number of rotatable bonds is 1. The van der Waals surface area contributed by atoms with E-state index in [4.69, 9.17) is 0 Å². The summed E-state index contributed by atoms with van der Waals surface area (Å²) in [6.07, 6.45) is 0. The Balaban J connectivity index is 2.51. The van der Waals surface area contributed by atoms with Crippen molar-refractivity contribution in [3.8, 4) is 0 Å². The van der Waals surface area contributed by atoms with Gasteiger partial charge in [-0.3, -0.25) is 14.5 Å². The van der Waals surface area contributed by atoms with Gasteiger partial charge in [-0.05, 0) is 28.1 Å². The molecule has 0 N–H and O–H groups in total. The van der Waals surface area contributed by atoms with Crippen LogP contribution in [0.1, 0.15) is 0 Å². The first-order chi connectivity index (χ1) is 7.54. The molecule has 0 spiro atoms. The summed E-state index contributed by atoms with van der Waals surface area (Å²) in [7, 11) is 1.28. The number of carbonyl (C=O) groups excluding carboxylic acids is 3. The maximum atomic E-state index is 11.7. The lowest BCUT2D eigenvalue weighted by Gasteiger charge is -2.14. The fraction of sp³-hybridized carbons (Fsp3) is 0.100. The maximum Gasteiger partial charge on any atom is 0.338 e. The molecule has 4 amide bonds. The molecule has 1 aliphatic rings. The van der Waals surface area contributed by atoms with Gasteiger partial charge in [0.25, 0.3) is 0 Å². The number of hydrogen-bond donors (Lipinski definition) is 0. The van der Waals surface area contributed by atoms with Crippen LogP contribution in [0.2, 0.25) is 0 Å². The van der Waals surface area contributed by atoms with Crippen molar-refractivity contribution in [2.24, 2.45) is 0 Å². The summed E-state index contributed by atoms with van der Waals surface area (Å²) in [4.78, 5) is 36.2. The third kappa shape index (κ3) is 1.42. The number of amides is 4. The normalized spacial score (nSPS) is 16.2. The molecule has 1 aliphatic heterocycles. The van der Waals surface area contributed by atoms with Gasteiger partial charge in [-0.15, -0.1) is 0 Å². The second-order valence-electron chi connectivity index (χ2n) is 3.24. The van der Waals surface area contributed by atoms with Crippen LogP contribution in [-0.2, 0) is 9.59 Å². The number of hydrogen-bond acceptors (Lipinski definition) is 3. The molecule has 0 bridgehead atoms. The molecular weight excluding hydrogens is 276 g/mol. The van der Waals surface area contributed by atoms with Crippen molar-refractivity contribution in [3.05, 3.63) is 28.7 Å². The highest BCUT2D eigenvalue weighted by Crippen LogP contribution is 2.29. The maximum absolute atomic E-state index is 11.7. The fourth-order valence-corrected chi connectivity index (χ4v) is 1.87. The molecule has 1 saturated heterocycles. The highest BCUT2D eigenvalue weighted by Gasteiger charge is 2.43. The molecule has 1 fully saturated rings. The molecule has 1 heterocycles. The number of nitrogens with zero attached hydrogens (tertiary/aromatic N) is 2. The third-order valence-electron chi connectivity index (χ3n) is 2.26. The monoisotopic (exact) mass is 282 g/mol. The Morgan fingerprint density at radius 3 is 2.19 bits per heavy atom. The van der Waals surface area contributed by atoms with E-state index in [0.717, 1.165) is 9.80 Å². The zero-order valence-electron chi connectivity index (χ0n) is 8.31. The summed E-state index contributed by atoms with van der Waals surface area (Å²) in [5.74, 6) is -1.65. The highest BCUT2D eigenvalue weighted by atomic mass is 79.9. The number of para-hydroxylation sites is 1. The number of urea groups is 1. The summed E-state index contributed by atoms with van der Waals surface area (Å²) in [6, 6.07) is 6.08. The van der Waals surface area contributed by atoms with Gasteiger partial charge in [0, 0.05) is 11.5 Å². The molecule has 0 aromatic heterocycles. The molecule has 82 valence electrons. The van der Waals surface area contributed by atoms with Crippen LogP contribution in [-0.4, -0.2) is 29.8 Å². The molecule has 0 unspecified atom stereocenters. The molecule has 0 saturated carbocycles. The Labute approximate surface area is 99.8 Å². The minimum atomic E-state index is -0.834. The topological polar surface area (TPSA) is 57.7 Å². The van der Waals surface area contributed by atoms with E-state index in [-0.39, 0.29) is 0 Å². The average molecular weight is 283 g/mol. The van der Waals surface area contributed by atoms with Gasteiger partial charge < -0.3 is 0 Å². The van der Waals surface area contributed by atoms with Crippen LogP contribution in [0.5, 0.6) is 0 Å². The zero-order valence-corrected chi connectivity index (χ0v) is 9.89. The molecule has 6 heteroatoms. The predicted molar refractivity (Wildman–Crippen MR) is 59.8 cm³/mol. The number of halogens is 1. The van der Waals surface area contributed by atoms with Gasteiger partial charge in [-0.2, -0.15) is 0 Å². The van der Waals surface area contributed by atoms with E-state index in [0.29, 0.717) is 10.2 Å². The Hall–Kier alpha value is -1.69. The zero-order chi connectivity index (χ0) is 11.9. The van der Waals surface area contributed by atoms with Gasteiger partial charge in [-0.25, -0.2) is 9.69 Å². The van der Waals surface area contributed by atoms with Crippen LogP contribution in [0.4, 0.5) is 10.5 Å². The van der Waals surface area contributed by atoms with Gasteiger partial charge in [-0.1, -0.05) is 12.1 Å². The predicted octanol–water partition coefficient (Wildman–Crippen LogP) is 1.37. The molecule has 1 aromatic rings. The number of imide groups is 2. The van der Waals surface area contributed by atoms with Crippen molar-refractivity contribution >= 4 is 39.5 Å². The van der Waals surface area contributed by atoms with Crippen LogP contribution >= 0.6 is 15.9 Å². The Morgan fingerprint density at radius 1 is 1.06 bits per heavy atom. The standard InChI is InChI=1S/C10H7BrN2O3/c1-12-8(14)9(15)13(10(12)16)7-5-3-2-4-6(7)11/h2-5H,1H3. The van der Waals surface area contributed by atoms with Crippen molar-refractivity contribution in [1.29, 1.82) is 0 Å². The van der Waals surface area contributed by atoms with E-state index < -0.39 is 17.8 Å². The Morgan fingerprint density at radius 2 is 1.69 bits per heavy atom. The van der Waals surface area contributed by atoms with Crippen molar-refractivity contribution in [2.75, 3.05) is 11.9 Å². The number of benzene rings is 1. The van der Waals surface area contributed by atoms with E-state index in [1.165, 1.54) is 7.05 Å². The highest BCUT2D eigenvalue weighted by molar-refractivity contribution is 9.10. The van der Waals surface area contributed by atoms with Crippen molar-refractivity contribution in [1.82, 2.24) is 4.90 Å². The van der Waals surface area contributed by atoms with Crippen LogP contribution in [0, 0.1) is 0 Å². The molecule has 16 heavy (non-hydrogen) atoms. The van der Waals surface area contributed by atoms with Gasteiger partial charge in [0.1, 0.15) is 0 Å². The first-order valence-corrected chi connectivity index (χ1v) is 5.24. The largest absolute Gasteiger partial charge is 0.338 e. The Kier molecular flexibility index (Phi) is 2.51. The van der Waals surface area contributed by atoms with E-state index in [2.05, 4.69) is 15.9 Å². The fourth-order valence-electron chi connectivity index (χ4n) is 1.41. The lowest BCUT2D eigenvalue weighted by atomic mass is 10.3. The average Bonchev–Trinajstić information content (AvgIpc) is 2.45. The van der Waals surface area contributed by atoms with Crippen LogP contribution in [0.15, 0.2) is 28.7 Å². The second-order valence-corrected chi connectivity index (χ2v) is 4.09. The number of likely N-dealkylation sites (N-methyl/N-ethyl adjacent to an activating group) is 1. The lowest BCUT2D eigenvalue weighted by Crippen LogP contribution is -2.31. The molecular formula is C10H7BrN2O3. The molecule has 0 atom stereocenters. The van der Waals surface area contributed by atoms with E-state index in [9.17, 15) is 14.4 Å². The molecule has 2 rings (SSSR count). The first kappa shape index (κ1) is 10.8. The minimum absolute atomic E-state index is 0.371. The molecule has 0 radical (unpaired) electrons. The number of anilines is 1. The van der Waals surface area contributed by atoms with E-state index >= 15 is 0 Å². The quantitative estimate of drug-likeness (QED) is 0.578. The smallest absolute Gasteiger partial charge is 0.263 e. The van der Waals surface area contributed by atoms with Crippen molar-refractivity contribution in [2.45, 2.75) is 0 Å². The summed E-state index contributed by atoms with van der Waals surface area (Å²) >= 11 is 3.23. The van der Waals surface area contributed by atoms with Gasteiger partial charge in [0.15, 0.2) is 0 Å². The second kappa shape index (κ2) is 3.71. The van der Waals surface area contributed by atoms with Gasteiger partial charge in [0.05, 0.1) is 5.69 Å². The van der Waals surface area contributed by atoms with Crippen LogP contribution in [0.3, 0.4) is 0 Å². The summed E-state index contributed by atoms with van der Waals surface area (Å²) in [5, 5.41) is 0. The minimum Gasteiger partial charge on any atom is -0.263 e. The van der Waals surface area contributed by atoms with Gasteiger partial charge >= 0.3 is 17.8 Å². The van der Waals surface area contributed by atoms with Crippen molar-refractivity contribution in [3.63, 3.8) is 0 Å². The Bertz CT molecular complexity index is 501.